The average Bonchev–Trinajstić information content (AvgIpc) is 2.46. The van der Waals surface area contributed by atoms with Gasteiger partial charge in [-0.1, -0.05) is 47.3 Å². The lowest BCUT2D eigenvalue weighted by Gasteiger charge is -2.31. The van der Waals surface area contributed by atoms with Crippen LogP contribution in [0.3, 0.4) is 0 Å². The first-order valence-electron chi connectivity index (χ1n) is 7.11. The van der Waals surface area contributed by atoms with E-state index < -0.39 is 0 Å². The Bertz CT molecular complexity index is 423. The zero-order chi connectivity index (χ0) is 13.8. The van der Waals surface area contributed by atoms with E-state index in [1.54, 1.807) is 0 Å². The molecule has 1 amide bonds. The summed E-state index contributed by atoms with van der Waals surface area (Å²) in [6.07, 6.45) is 5.83. The van der Waals surface area contributed by atoms with Crippen molar-refractivity contribution in [3.63, 3.8) is 0 Å². The number of benzene rings is 1. The standard InChI is InChI=1S/C16H22BrNO/c1-12(13-8-10-15(17)11-9-13)18(2)16(19)14-6-4-3-5-7-14/h8-12,14H,3-7H2,1-2H3. The molecule has 0 N–H and O–H groups in total. The van der Waals surface area contributed by atoms with E-state index in [1.165, 1.54) is 24.8 Å². The van der Waals surface area contributed by atoms with Gasteiger partial charge in [0.1, 0.15) is 0 Å². The maximum absolute atomic E-state index is 12.5. The highest BCUT2D eigenvalue weighted by Gasteiger charge is 2.26. The molecule has 0 radical (unpaired) electrons. The molecule has 1 aromatic carbocycles. The molecule has 19 heavy (non-hydrogen) atoms. The average molecular weight is 324 g/mol. The summed E-state index contributed by atoms with van der Waals surface area (Å²) in [4.78, 5) is 14.4. The number of halogens is 1. The predicted octanol–water partition coefficient (Wildman–Crippen LogP) is 4.55. The minimum Gasteiger partial charge on any atom is -0.339 e. The second-order valence-corrected chi connectivity index (χ2v) is 6.43. The smallest absolute Gasteiger partial charge is 0.225 e. The van der Waals surface area contributed by atoms with Gasteiger partial charge in [0, 0.05) is 17.4 Å². The third-order valence-corrected chi connectivity index (χ3v) is 4.76. The Morgan fingerprint density at radius 1 is 1.21 bits per heavy atom. The molecule has 2 rings (SSSR count). The predicted molar refractivity (Wildman–Crippen MR) is 81.9 cm³/mol. The van der Waals surface area contributed by atoms with Gasteiger partial charge < -0.3 is 4.90 Å². The van der Waals surface area contributed by atoms with Crippen molar-refractivity contribution in [3.05, 3.63) is 34.3 Å². The van der Waals surface area contributed by atoms with Crippen LogP contribution in [-0.2, 0) is 4.79 Å². The Morgan fingerprint density at radius 3 is 2.37 bits per heavy atom. The van der Waals surface area contributed by atoms with E-state index in [0.29, 0.717) is 5.91 Å². The molecule has 0 spiro atoms. The molecule has 0 saturated heterocycles. The third-order valence-electron chi connectivity index (χ3n) is 4.24. The molecular weight excluding hydrogens is 302 g/mol. The van der Waals surface area contributed by atoms with Crippen molar-refractivity contribution >= 4 is 21.8 Å². The van der Waals surface area contributed by atoms with Gasteiger partial charge in [0.25, 0.3) is 0 Å². The van der Waals surface area contributed by atoms with E-state index in [0.717, 1.165) is 17.3 Å². The highest BCUT2D eigenvalue weighted by atomic mass is 79.9. The third kappa shape index (κ3) is 3.59. The van der Waals surface area contributed by atoms with Crippen molar-refractivity contribution in [1.29, 1.82) is 0 Å². The van der Waals surface area contributed by atoms with Crippen LogP contribution in [0, 0.1) is 5.92 Å². The van der Waals surface area contributed by atoms with Gasteiger partial charge in [0.2, 0.25) is 5.91 Å². The van der Waals surface area contributed by atoms with Crippen LogP contribution in [0.2, 0.25) is 0 Å². The van der Waals surface area contributed by atoms with Crippen molar-refractivity contribution in [2.24, 2.45) is 5.92 Å². The molecule has 1 aliphatic carbocycles. The second-order valence-electron chi connectivity index (χ2n) is 5.51. The van der Waals surface area contributed by atoms with E-state index >= 15 is 0 Å². The van der Waals surface area contributed by atoms with Gasteiger partial charge >= 0.3 is 0 Å². The van der Waals surface area contributed by atoms with Crippen LogP contribution in [0.5, 0.6) is 0 Å². The van der Waals surface area contributed by atoms with Crippen LogP contribution >= 0.6 is 15.9 Å². The number of nitrogens with zero attached hydrogens (tertiary/aromatic N) is 1. The summed E-state index contributed by atoms with van der Waals surface area (Å²) in [5.74, 6) is 0.562. The maximum atomic E-state index is 12.5. The van der Waals surface area contributed by atoms with Crippen molar-refractivity contribution in [1.82, 2.24) is 4.90 Å². The topological polar surface area (TPSA) is 20.3 Å². The van der Waals surface area contributed by atoms with Gasteiger partial charge in [-0.3, -0.25) is 4.79 Å². The van der Waals surface area contributed by atoms with Gasteiger partial charge in [-0.25, -0.2) is 0 Å². The van der Waals surface area contributed by atoms with E-state index in [9.17, 15) is 4.79 Å². The molecule has 1 saturated carbocycles. The van der Waals surface area contributed by atoms with Crippen LogP contribution in [0.15, 0.2) is 28.7 Å². The summed E-state index contributed by atoms with van der Waals surface area (Å²) in [7, 11) is 1.93. The minimum absolute atomic E-state index is 0.141. The van der Waals surface area contributed by atoms with E-state index in [-0.39, 0.29) is 12.0 Å². The monoisotopic (exact) mass is 323 g/mol. The zero-order valence-electron chi connectivity index (χ0n) is 11.7. The Hall–Kier alpha value is -0.830. The molecule has 104 valence electrons. The van der Waals surface area contributed by atoms with Crippen molar-refractivity contribution in [2.75, 3.05) is 7.05 Å². The van der Waals surface area contributed by atoms with E-state index in [4.69, 9.17) is 0 Å². The van der Waals surface area contributed by atoms with Gasteiger partial charge in [-0.05, 0) is 37.5 Å². The van der Waals surface area contributed by atoms with E-state index in [1.807, 2.05) is 24.1 Å². The SMILES string of the molecule is CC(c1ccc(Br)cc1)N(C)C(=O)C1CCCCC1. The summed E-state index contributed by atoms with van der Waals surface area (Å²) in [5, 5.41) is 0. The van der Waals surface area contributed by atoms with Gasteiger partial charge in [0.05, 0.1) is 6.04 Å². The summed E-state index contributed by atoms with van der Waals surface area (Å²) < 4.78 is 1.07. The first-order chi connectivity index (χ1) is 9.09. The molecule has 3 heteroatoms. The summed E-state index contributed by atoms with van der Waals surface area (Å²) in [6, 6.07) is 8.37. The molecule has 1 fully saturated rings. The first kappa shape index (κ1) is 14.6. The molecule has 2 nitrogen and oxygen atoms in total. The Morgan fingerprint density at radius 2 is 1.79 bits per heavy atom. The van der Waals surface area contributed by atoms with Crippen molar-refractivity contribution < 1.29 is 4.79 Å². The maximum Gasteiger partial charge on any atom is 0.225 e. The fourth-order valence-electron chi connectivity index (χ4n) is 2.79. The fraction of sp³-hybridized carbons (Fsp3) is 0.562. The number of hydrogen-bond donors (Lipinski definition) is 0. The lowest BCUT2D eigenvalue weighted by Crippen LogP contribution is -2.35. The summed E-state index contributed by atoms with van der Waals surface area (Å²) in [6.45, 7) is 2.10. The molecule has 1 atom stereocenters. The number of carbonyl (C=O) groups excluding carboxylic acids is 1. The largest absolute Gasteiger partial charge is 0.339 e. The van der Waals surface area contributed by atoms with E-state index in [2.05, 4.69) is 35.0 Å². The normalized spacial score (nSPS) is 18.1. The number of carbonyl (C=O) groups is 1. The van der Waals surface area contributed by atoms with Gasteiger partial charge in [-0.2, -0.15) is 0 Å². The Kier molecular flexibility index (Phi) is 5.03. The fourth-order valence-corrected chi connectivity index (χ4v) is 3.06. The zero-order valence-corrected chi connectivity index (χ0v) is 13.3. The second kappa shape index (κ2) is 6.56. The lowest BCUT2D eigenvalue weighted by molar-refractivity contribution is -0.137. The highest BCUT2D eigenvalue weighted by Crippen LogP contribution is 2.28. The Labute approximate surface area is 124 Å². The van der Waals surface area contributed by atoms with Crippen LogP contribution in [0.1, 0.15) is 50.6 Å². The molecule has 0 aromatic heterocycles. The molecule has 1 aliphatic rings. The summed E-state index contributed by atoms with van der Waals surface area (Å²) >= 11 is 3.44. The van der Waals surface area contributed by atoms with Crippen LogP contribution in [-0.4, -0.2) is 17.9 Å². The Balaban J connectivity index is 2.03. The molecule has 1 unspecified atom stereocenters. The lowest BCUT2D eigenvalue weighted by atomic mass is 9.88. The first-order valence-corrected chi connectivity index (χ1v) is 7.91. The van der Waals surface area contributed by atoms with Crippen LogP contribution in [0.4, 0.5) is 0 Å². The molecule has 1 aromatic rings. The number of amides is 1. The number of rotatable bonds is 3. The van der Waals surface area contributed by atoms with Gasteiger partial charge in [0.15, 0.2) is 0 Å². The van der Waals surface area contributed by atoms with Crippen molar-refractivity contribution in [2.45, 2.75) is 45.1 Å². The molecule has 0 bridgehead atoms. The molecule has 0 aliphatic heterocycles. The minimum atomic E-state index is 0.141. The summed E-state index contributed by atoms with van der Waals surface area (Å²) in [5.41, 5.74) is 1.19. The van der Waals surface area contributed by atoms with Gasteiger partial charge in [-0.15, -0.1) is 0 Å². The molecular formula is C16H22BrNO. The molecule has 0 heterocycles. The van der Waals surface area contributed by atoms with Crippen molar-refractivity contribution in [3.8, 4) is 0 Å². The number of hydrogen-bond acceptors (Lipinski definition) is 1. The quantitative estimate of drug-likeness (QED) is 0.799. The highest BCUT2D eigenvalue weighted by molar-refractivity contribution is 9.10. The van der Waals surface area contributed by atoms with Crippen LogP contribution < -0.4 is 0 Å². The van der Waals surface area contributed by atoms with Crippen LogP contribution in [0.25, 0.3) is 0 Å².